The second-order valence-corrected chi connectivity index (χ2v) is 13.6. The molecule has 6 rings (SSSR count). The highest BCUT2D eigenvalue weighted by atomic mass is 35.5. The van der Waals surface area contributed by atoms with Crippen LogP contribution in [0.4, 0.5) is 0 Å². The van der Waals surface area contributed by atoms with E-state index >= 15 is 0 Å². The lowest BCUT2D eigenvalue weighted by Gasteiger charge is -2.26. The number of aliphatic carboxylic acids is 1. The van der Waals surface area contributed by atoms with Crippen molar-refractivity contribution in [2.75, 3.05) is 6.61 Å². The van der Waals surface area contributed by atoms with Crippen LogP contribution in [0, 0.1) is 0 Å². The van der Waals surface area contributed by atoms with E-state index in [1.165, 1.54) is 6.07 Å². The van der Waals surface area contributed by atoms with E-state index in [-0.39, 0.29) is 30.7 Å². The number of ether oxygens (including phenoxy) is 1. The quantitative estimate of drug-likeness (QED) is 0.158. The molecule has 53 heavy (non-hydrogen) atoms. The summed E-state index contributed by atoms with van der Waals surface area (Å²) < 4.78 is 5.67. The molecule has 2 bridgehead atoms. The van der Waals surface area contributed by atoms with Crippen LogP contribution in [0.2, 0.25) is 10.0 Å². The molecule has 5 N–H and O–H groups in total. The number of benzene rings is 4. The van der Waals surface area contributed by atoms with Crippen molar-refractivity contribution in [1.29, 1.82) is 0 Å². The smallest absolute Gasteiger partial charge is 0.326 e. The van der Waals surface area contributed by atoms with Crippen LogP contribution >= 0.6 is 23.2 Å². The fourth-order valence-electron chi connectivity index (χ4n) is 5.92. The van der Waals surface area contributed by atoms with E-state index < -0.39 is 60.4 Å². The van der Waals surface area contributed by atoms with Gasteiger partial charge in [0.25, 0.3) is 5.91 Å². The SMILES string of the molecule is O=C1COc2ccc(cc2)CC(C(=O)O)NC(=O)C(CCc2ccccc2)NC(=O)C(Cc2ccc(Cl)cc2Cl)NC(=O)C(CCc2ccccc2)N1. The van der Waals surface area contributed by atoms with Gasteiger partial charge < -0.3 is 31.1 Å². The molecular formula is C40H40Cl2N4O7. The van der Waals surface area contributed by atoms with Crippen molar-refractivity contribution in [2.24, 2.45) is 0 Å². The molecule has 0 fully saturated rings. The molecule has 0 aromatic heterocycles. The van der Waals surface area contributed by atoms with Crippen LogP contribution in [0.1, 0.15) is 35.1 Å². The van der Waals surface area contributed by atoms with Gasteiger partial charge in [-0.15, -0.1) is 0 Å². The van der Waals surface area contributed by atoms with Crippen molar-refractivity contribution in [3.63, 3.8) is 0 Å². The zero-order valence-corrected chi connectivity index (χ0v) is 30.2. The van der Waals surface area contributed by atoms with Gasteiger partial charge in [-0.2, -0.15) is 0 Å². The summed E-state index contributed by atoms with van der Waals surface area (Å²) >= 11 is 12.6. The Morgan fingerprint density at radius 3 is 1.81 bits per heavy atom. The van der Waals surface area contributed by atoms with Crippen molar-refractivity contribution in [3.8, 4) is 5.75 Å². The second-order valence-electron chi connectivity index (χ2n) is 12.8. The van der Waals surface area contributed by atoms with E-state index in [2.05, 4.69) is 21.3 Å². The van der Waals surface area contributed by atoms with Crippen LogP contribution in [0.5, 0.6) is 5.75 Å². The summed E-state index contributed by atoms with van der Waals surface area (Å²) in [5.41, 5.74) is 2.93. The molecule has 11 nitrogen and oxygen atoms in total. The molecule has 4 aromatic carbocycles. The van der Waals surface area contributed by atoms with Gasteiger partial charge in [-0.25, -0.2) is 4.79 Å². The van der Waals surface area contributed by atoms with Gasteiger partial charge in [0.05, 0.1) is 0 Å². The molecule has 4 aromatic rings. The summed E-state index contributed by atoms with van der Waals surface area (Å²) in [5, 5.41) is 21.6. The number of hydrogen-bond donors (Lipinski definition) is 5. The maximum Gasteiger partial charge on any atom is 0.326 e. The monoisotopic (exact) mass is 758 g/mol. The molecule has 13 heteroatoms. The fourth-order valence-corrected chi connectivity index (χ4v) is 6.41. The number of halogens is 2. The first-order valence-corrected chi connectivity index (χ1v) is 18.0. The second kappa shape index (κ2) is 18.9. The molecule has 4 atom stereocenters. The van der Waals surface area contributed by atoms with E-state index in [4.69, 9.17) is 27.9 Å². The average Bonchev–Trinajstić information content (AvgIpc) is 3.15. The number of amides is 4. The highest BCUT2D eigenvalue weighted by Gasteiger charge is 2.32. The van der Waals surface area contributed by atoms with Gasteiger partial charge in [0, 0.05) is 22.9 Å². The van der Waals surface area contributed by atoms with Crippen molar-refractivity contribution in [2.45, 2.75) is 62.7 Å². The Labute approximate surface area is 317 Å². The Hall–Kier alpha value is -5.39. The minimum absolute atomic E-state index is 0.0575. The summed E-state index contributed by atoms with van der Waals surface area (Å²) in [7, 11) is 0. The lowest BCUT2D eigenvalue weighted by atomic mass is 10.0. The Morgan fingerprint density at radius 2 is 1.23 bits per heavy atom. The van der Waals surface area contributed by atoms with Gasteiger partial charge >= 0.3 is 5.97 Å². The van der Waals surface area contributed by atoms with Gasteiger partial charge in [-0.05, 0) is 72.2 Å². The number of rotatable bonds is 9. The lowest BCUT2D eigenvalue weighted by molar-refractivity contribution is -0.142. The predicted octanol–water partition coefficient (Wildman–Crippen LogP) is 4.46. The maximum atomic E-state index is 14.2. The fraction of sp³-hybridized carbons (Fsp3) is 0.275. The lowest BCUT2D eigenvalue weighted by Crippen LogP contribution is -2.58. The summed E-state index contributed by atoms with van der Waals surface area (Å²) in [5.74, 6) is -3.55. The summed E-state index contributed by atoms with van der Waals surface area (Å²) in [6.07, 6.45) is 0.996. The van der Waals surface area contributed by atoms with Crippen molar-refractivity contribution < 1.29 is 33.8 Å². The molecule has 276 valence electrons. The first-order chi connectivity index (χ1) is 25.5. The first-order valence-electron chi connectivity index (χ1n) is 17.2. The van der Waals surface area contributed by atoms with Gasteiger partial charge in [-0.3, -0.25) is 19.2 Å². The maximum absolute atomic E-state index is 14.2. The molecule has 4 amide bonds. The van der Waals surface area contributed by atoms with Crippen molar-refractivity contribution >= 4 is 52.8 Å². The number of carboxylic acids is 1. The molecule has 2 heterocycles. The summed E-state index contributed by atoms with van der Waals surface area (Å²) in [4.78, 5) is 67.6. The Morgan fingerprint density at radius 1 is 0.679 bits per heavy atom. The number of hydrogen-bond acceptors (Lipinski definition) is 6. The van der Waals surface area contributed by atoms with Crippen LogP contribution in [-0.2, 0) is 49.7 Å². The Balaban J connectivity index is 1.49. The normalized spacial score (nSPS) is 20.0. The minimum atomic E-state index is -1.33. The Bertz CT molecular complexity index is 1890. The molecule has 4 unspecified atom stereocenters. The molecule has 2 aliphatic rings. The molecule has 0 saturated carbocycles. The van der Waals surface area contributed by atoms with Gasteiger partial charge in [0.1, 0.15) is 29.9 Å². The highest BCUT2D eigenvalue weighted by Crippen LogP contribution is 2.23. The first kappa shape index (κ1) is 38.8. The standard InChI is InChI=1S/C40H40Cl2N4O7/c41-29-16-15-28(31(42)23-29)22-34-39(50)44-33(20-14-26-9-5-2-6-10-26)38(49)46-35(40(51)52)21-27-11-17-30(18-12-27)53-24-36(47)43-32(37(48)45-34)19-13-25-7-3-1-4-8-25/h1-12,15-18,23,32-35H,13-14,19-22,24H2,(H,43,47)(H,44,50)(H,45,48)(H,46,49)(H,51,52). The van der Waals surface area contributed by atoms with Crippen LogP contribution in [0.3, 0.4) is 0 Å². The zero-order valence-electron chi connectivity index (χ0n) is 28.7. The largest absolute Gasteiger partial charge is 0.484 e. The Kier molecular flexibility index (Phi) is 13.9. The third kappa shape index (κ3) is 11.8. The zero-order chi connectivity index (χ0) is 37.7. The molecular weight excluding hydrogens is 719 g/mol. The van der Waals surface area contributed by atoms with E-state index in [9.17, 15) is 29.1 Å². The highest BCUT2D eigenvalue weighted by molar-refractivity contribution is 6.35. The molecule has 2 aliphatic heterocycles. The van der Waals surface area contributed by atoms with Gasteiger partial charge in [0.2, 0.25) is 17.7 Å². The van der Waals surface area contributed by atoms with Crippen LogP contribution in [0.15, 0.2) is 103 Å². The van der Waals surface area contributed by atoms with Crippen LogP contribution < -0.4 is 26.0 Å². The molecule has 0 radical (unpaired) electrons. The van der Waals surface area contributed by atoms with Gasteiger partial charge in [0.15, 0.2) is 6.61 Å². The third-order valence-electron chi connectivity index (χ3n) is 8.83. The van der Waals surface area contributed by atoms with E-state index in [0.717, 1.165) is 11.1 Å². The van der Waals surface area contributed by atoms with E-state index in [1.54, 1.807) is 36.4 Å². The van der Waals surface area contributed by atoms with Crippen molar-refractivity contribution in [3.05, 3.63) is 135 Å². The average molecular weight is 760 g/mol. The van der Waals surface area contributed by atoms with E-state index in [1.807, 2.05) is 60.7 Å². The molecule has 0 saturated heterocycles. The number of nitrogens with one attached hydrogen (secondary N) is 4. The van der Waals surface area contributed by atoms with Crippen LogP contribution in [0.25, 0.3) is 0 Å². The number of carboxylic acid groups (broad SMARTS) is 1. The molecule has 0 aliphatic carbocycles. The van der Waals surface area contributed by atoms with Crippen LogP contribution in [-0.4, -0.2) is 65.5 Å². The van der Waals surface area contributed by atoms with Crippen molar-refractivity contribution in [1.82, 2.24) is 21.3 Å². The summed E-state index contributed by atoms with van der Waals surface area (Å²) in [6, 6.07) is 25.1. The van der Waals surface area contributed by atoms with Gasteiger partial charge in [-0.1, -0.05) is 102 Å². The number of fused-ring (bicyclic) bond motifs is 16. The number of carbonyl (C=O) groups excluding carboxylic acids is 4. The number of aryl methyl sites for hydroxylation is 2. The minimum Gasteiger partial charge on any atom is -0.484 e. The third-order valence-corrected chi connectivity index (χ3v) is 9.42. The molecule has 0 spiro atoms. The predicted molar refractivity (Wildman–Crippen MR) is 201 cm³/mol. The topological polar surface area (TPSA) is 163 Å². The summed E-state index contributed by atoms with van der Waals surface area (Å²) in [6.45, 7) is -0.407. The number of carbonyl (C=O) groups is 5. The van der Waals surface area contributed by atoms with E-state index in [0.29, 0.717) is 34.7 Å².